The fourth-order valence-corrected chi connectivity index (χ4v) is 1.64. The molecule has 1 aliphatic heterocycles. The Labute approximate surface area is 130 Å². The number of ether oxygens (including phenoxy) is 1. The Kier molecular flexibility index (Phi) is 7.07. The van der Waals surface area contributed by atoms with Gasteiger partial charge >= 0.3 is 6.18 Å². The third-order valence-electron chi connectivity index (χ3n) is 2.86. The molecular formula is C12H19F3N4O4. The molecular weight excluding hydrogens is 321 g/mol. The molecule has 0 aliphatic carbocycles. The molecule has 8 nitrogen and oxygen atoms in total. The molecule has 11 heteroatoms. The molecule has 23 heavy (non-hydrogen) atoms. The van der Waals surface area contributed by atoms with Gasteiger partial charge in [-0.2, -0.15) is 13.2 Å². The molecule has 1 unspecified atom stereocenters. The van der Waals surface area contributed by atoms with E-state index < -0.39 is 24.7 Å². The second kappa shape index (κ2) is 8.56. The van der Waals surface area contributed by atoms with Gasteiger partial charge in [0.25, 0.3) is 5.91 Å². The van der Waals surface area contributed by atoms with Crippen LogP contribution in [0.1, 0.15) is 13.3 Å². The van der Waals surface area contributed by atoms with Crippen LogP contribution in [0.5, 0.6) is 0 Å². The highest BCUT2D eigenvalue weighted by atomic mass is 19.4. The number of amidine groups is 1. The van der Waals surface area contributed by atoms with Crippen LogP contribution in [0.3, 0.4) is 0 Å². The minimum absolute atomic E-state index is 0.169. The van der Waals surface area contributed by atoms with Gasteiger partial charge in [0, 0.05) is 13.1 Å². The third-order valence-corrected chi connectivity index (χ3v) is 2.86. The van der Waals surface area contributed by atoms with Gasteiger partial charge in [-0.1, -0.05) is 5.16 Å². The van der Waals surface area contributed by atoms with Crippen LogP contribution >= 0.6 is 0 Å². The Morgan fingerprint density at radius 1 is 1.39 bits per heavy atom. The van der Waals surface area contributed by atoms with E-state index in [4.69, 9.17) is 15.3 Å². The highest BCUT2D eigenvalue weighted by Gasteiger charge is 2.29. The van der Waals surface area contributed by atoms with E-state index in [1.165, 1.54) is 6.92 Å². The van der Waals surface area contributed by atoms with Gasteiger partial charge in [-0.3, -0.25) is 9.59 Å². The van der Waals surface area contributed by atoms with Gasteiger partial charge in [0.2, 0.25) is 12.0 Å². The number of hydrogen-bond acceptors (Lipinski definition) is 5. The van der Waals surface area contributed by atoms with Gasteiger partial charge < -0.3 is 25.5 Å². The van der Waals surface area contributed by atoms with E-state index in [1.54, 1.807) is 10.2 Å². The summed E-state index contributed by atoms with van der Waals surface area (Å²) in [5.41, 5.74) is 5.51. The molecule has 0 bridgehead atoms. The molecule has 1 saturated heterocycles. The van der Waals surface area contributed by atoms with Crippen molar-refractivity contribution in [3.8, 4) is 0 Å². The number of nitrogens with zero attached hydrogens (tertiary/aromatic N) is 2. The predicted molar refractivity (Wildman–Crippen MR) is 73.3 cm³/mol. The smallest absolute Gasteiger partial charge is 0.384 e. The van der Waals surface area contributed by atoms with Crippen LogP contribution in [0.2, 0.25) is 0 Å². The SMILES string of the molecule is CC(O/N=C(\N)CC(=O)N1CCOCC1)C(=O)NCC(F)(F)F. The summed E-state index contributed by atoms with van der Waals surface area (Å²) in [6.07, 6.45) is -5.99. The minimum Gasteiger partial charge on any atom is -0.384 e. The van der Waals surface area contributed by atoms with Crippen molar-refractivity contribution in [1.29, 1.82) is 0 Å². The monoisotopic (exact) mass is 340 g/mol. The molecule has 0 radical (unpaired) electrons. The van der Waals surface area contributed by atoms with Crippen LogP contribution in [0, 0.1) is 0 Å². The number of amides is 2. The fraction of sp³-hybridized carbons (Fsp3) is 0.750. The summed E-state index contributed by atoms with van der Waals surface area (Å²) in [4.78, 5) is 29.4. The molecule has 132 valence electrons. The number of oxime groups is 1. The van der Waals surface area contributed by atoms with Gasteiger partial charge in [-0.15, -0.1) is 0 Å². The lowest BCUT2D eigenvalue weighted by atomic mass is 10.3. The minimum atomic E-state index is -4.51. The van der Waals surface area contributed by atoms with Gasteiger partial charge in [-0.25, -0.2) is 0 Å². The molecule has 3 N–H and O–H groups in total. The van der Waals surface area contributed by atoms with Crippen molar-refractivity contribution in [3.05, 3.63) is 0 Å². The van der Waals surface area contributed by atoms with E-state index in [0.717, 1.165) is 0 Å². The van der Waals surface area contributed by atoms with Crippen LogP contribution in [-0.4, -0.2) is 67.7 Å². The average molecular weight is 340 g/mol. The van der Waals surface area contributed by atoms with E-state index in [-0.39, 0.29) is 18.2 Å². The average Bonchev–Trinajstić information content (AvgIpc) is 2.50. The van der Waals surface area contributed by atoms with E-state index in [1.807, 2.05) is 0 Å². The first-order valence-electron chi connectivity index (χ1n) is 6.87. The van der Waals surface area contributed by atoms with E-state index >= 15 is 0 Å². The number of morpholine rings is 1. The Bertz CT molecular complexity index is 450. The van der Waals surface area contributed by atoms with Crippen molar-refractivity contribution in [2.75, 3.05) is 32.8 Å². The number of carbonyl (C=O) groups is 2. The molecule has 1 rings (SSSR count). The number of nitrogens with one attached hydrogen (secondary N) is 1. The second-order valence-electron chi connectivity index (χ2n) is 4.83. The Morgan fingerprint density at radius 3 is 2.57 bits per heavy atom. The zero-order valence-electron chi connectivity index (χ0n) is 12.6. The van der Waals surface area contributed by atoms with Crippen molar-refractivity contribution in [3.63, 3.8) is 0 Å². The number of rotatable bonds is 6. The van der Waals surface area contributed by atoms with E-state index in [0.29, 0.717) is 26.3 Å². The van der Waals surface area contributed by atoms with Crippen LogP contribution in [-0.2, 0) is 19.2 Å². The van der Waals surface area contributed by atoms with Crippen LogP contribution in [0.15, 0.2) is 5.16 Å². The normalized spacial score (nSPS) is 17.6. The van der Waals surface area contributed by atoms with Crippen LogP contribution in [0.4, 0.5) is 13.2 Å². The Morgan fingerprint density at radius 2 is 2.00 bits per heavy atom. The molecule has 1 aliphatic rings. The number of carbonyl (C=O) groups excluding carboxylic acids is 2. The summed E-state index contributed by atoms with van der Waals surface area (Å²) in [5, 5.41) is 5.05. The topological polar surface area (TPSA) is 106 Å². The van der Waals surface area contributed by atoms with E-state index in [2.05, 4.69) is 5.16 Å². The second-order valence-corrected chi connectivity index (χ2v) is 4.83. The van der Waals surface area contributed by atoms with Crippen molar-refractivity contribution in [1.82, 2.24) is 10.2 Å². The quantitative estimate of drug-likeness (QED) is 0.388. The predicted octanol–water partition coefficient (Wildman–Crippen LogP) is -0.409. The summed E-state index contributed by atoms with van der Waals surface area (Å²) in [6.45, 7) is 1.53. The maximum atomic E-state index is 12.0. The van der Waals surface area contributed by atoms with Crippen molar-refractivity contribution >= 4 is 17.6 Å². The molecule has 0 aromatic carbocycles. The highest BCUT2D eigenvalue weighted by molar-refractivity contribution is 5.98. The third kappa shape index (κ3) is 7.68. The maximum Gasteiger partial charge on any atom is 0.405 e. The maximum absolute atomic E-state index is 12.0. The van der Waals surface area contributed by atoms with Crippen LogP contribution < -0.4 is 11.1 Å². The zero-order chi connectivity index (χ0) is 17.5. The highest BCUT2D eigenvalue weighted by Crippen LogP contribution is 2.12. The number of hydrogen-bond donors (Lipinski definition) is 2. The molecule has 0 aromatic rings. The molecule has 0 aromatic heterocycles. The standard InChI is InChI=1S/C12H19F3N4O4/c1-8(11(21)17-7-12(13,14)15)23-18-9(16)6-10(20)19-2-4-22-5-3-19/h8H,2-7H2,1H3,(H2,16,18)(H,17,21). The molecule has 0 spiro atoms. The van der Waals surface area contributed by atoms with Crippen molar-refractivity contribution in [2.24, 2.45) is 10.9 Å². The number of alkyl halides is 3. The van der Waals surface area contributed by atoms with Crippen molar-refractivity contribution in [2.45, 2.75) is 25.6 Å². The number of halogens is 3. The molecule has 1 fully saturated rings. The molecule has 1 atom stereocenters. The lowest BCUT2D eigenvalue weighted by molar-refractivity contribution is -0.145. The Balaban J connectivity index is 2.36. The van der Waals surface area contributed by atoms with Gasteiger partial charge in [0.1, 0.15) is 12.4 Å². The van der Waals surface area contributed by atoms with Crippen molar-refractivity contribution < 1.29 is 32.3 Å². The molecule has 0 saturated carbocycles. The summed E-state index contributed by atoms with van der Waals surface area (Å²) in [7, 11) is 0. The summed E-state index contributed by atoms with van der Waals surface area (Å²) >= 11 is 0. The van der Waals surface area contributed by atoms with Gasteiger partial charge in [0.05, 0.1) is 19.6 Å². The Hall–Kier alpha value is -2.04. The zero-order valence-corrected chi connectivity index (χ0v) is 12.6. The van der Waals surface area contributed by atoms with Gasteiger partial charge in [0.15, 0.2) is 0 Å². The first kappa shape index (κ1) is 19.0. The van der Waals surface area contributed by atoms with E-state index in [9.17, 15) is 22.8 Å². The van der Waals surface area contributed by atoms with Crippen LogP contribution in [0.25, 0.3) is 0 Å². The summed E-state index contributed by atoms with van der Waals surface area (Å²) in [6, 6.07) is 0. The largest absolute Gasteiger partial charge is 0.405 e. The fourth-order valence-electron chi connectivity index (χ4n) is 1.64. The summed E-state index contributed by atoms with van der Waals surface area (Å²) in [5.74, 6) is -1.43. The van der Waals surface area contributed by atoms with Gasteiger partial charge in [-0.05, 0) is 6.92 Å². The summed E-state index contributed by atoms with van der Waals surface area (Å²) < 4.78 is 41.0. The molecule has 2 amide bonds. The first-order chi connectivity index (χ1) is 10.7. The lowest BCUT2D eigenvalue weighted by Crippen LogP contribution is -2.42. The molecule has 1 heterocycles. The lowest BCUT2D eigenvalue weighted by Gasteiger charge is -2.26. The number of nitrogens with two attached hydrogens (primary N) is 1. The first-order valence-corrected chi connectivity index (χ1v) is 6.87.